The molecule has 0 aliphatic carbocycles. The standard InChI is InChI=1S/C16H26N6O2.ClH/c1-12(16(24)21-9-3-2-4-10-21)18-15(23)14-11-22(20-19-14)13-5-7-17-8-6-13;/h11-13,17H,2-10H2,1H3,(H,18,23);1H. The van der Waals surface area contributed by atoms with Crippen LogP contribution in [-0.4, -0.2) is 63.9 Å². The second-order valence-electron chi connectivity index (χ2n) is 6.65. The summed E-state index contributed by atoms with van der Waals surface area (Å²) >= 11 is 0. The number of rotatable bonds is 4. The lowest BCUT2D eigenvalue weighted by Gasteiger charge is -2.29. The van der Waals surface area contributed by atoms with Crippen molar-refractivity contribution < 1.29 is 9.59 Å². The highest BCUT2D eigenvalue weighted by Crippen LogP contribution is 2.17. The highest BCUT2D eigenvalue weighted by atomic mass is 35.5. The first kappa shape index (κ1) is 19.7. The van der Waals surface area contributed by atoms with E-state index in [0.717, 1.165) is 51.9 Å². The first-order chi connectivity index (χ1) is 11.6. The first-order valence-corrected chi connectivity index (χ1v) is 8.87. The maximum absolute atomic E-state index is 12.4. The Hall–Kier alpha value is -1.67. The third-order valence-corrected chi connectivity index (χ3v) is 4.81. The molecule has 2 N–H and O–H groups in total. The van der Waals surface area contributed by atoms with Gasteiger partial charge < -0.3 is 15.5 Å². The van der Waals surface area contributed by atoms with Crippen LogP contribution in [0.2, 0.25) is 0 Å². The third-order valence-electron chi connectivity index (χ3n) is 4.81. The zero-order chi connectivity index (χ0) is 16.9. The van der Waals surface area contributed by atoms with Gasteiger partial charge in [0.15, 0.2) is 5.69 Å². The van der Waals surface area contributed by atoms with Gasteiger partial charge in [0.05, 0.1) is 12.2 Å². The molecule has 2 aliphatic rings. The summed E-state index contributed by atoms with van der Waals surface area (Å²) in [5.74, 6) is -0.359. The van der Waals surface area contributed by atoms with Crippen molar-refractivity contribution in [3.05, 3.63) is 11.9 Å². The number of nitrogens with zero attached hydrogens (tertiary/aromatic N) is 4. The Morgan fingerprint density at radius 2 is 1.92 bits per heavy atom. The predicted octanol–water partition coefficient (Wildman–Crippen LogP) is 0.755. The van der Waals surface area contributed by atoms with Crippen molar-refractivity contribution in [1.29, 1.82) is 0 Å². The van der Waals surface area contributed by atoms with Crippen LogP contribution in [0.3, 0.4) is 0 Å². The number of hydrogen-bond donors (Lipinski definition) is 2. The molecule has 1 aromatic rings. The number of nitrogens with one attached hydrogen (secondary N) is 2. The van der Waals surface area contributed by atoms with Gasteiger partial charge in [-0.1, -0.05) is 5.21 Å². The Bertz CT molecular complexity index is 581. The second kappa shape index (κ2) is 9.15. The van der Waals surface area contributed by atoms with Gasteiger partial charge in [0, 0.05) is 13.1 Å². The maximum atomic E-state index is 12.4. The average Bonchev–Trinajstić information content (AvgIpc) is 3.13. The summed E-state index contributed by atoms with van der Waals surface area (Å²) in [6.07, 6.45) is 6.89. The van der Waals surface area contributed by atoms with Crippen molar-refractivity contribution in [2.24, 2.45) is 0 Å². The normalized spacial score (nSPS) is 19.8. The first-order valence-electron chi connectivity index (χ1n) is 8.87. The van der Waals surface area contributed by atoms with Gasteiger partial charge in [-0.2, -0.15) is 0 Å². The molecule has 2 fully saturated rings. The maximum Gasteiger partial charge on any atom is 0.274 e. The monoisotopic (exact) mass is 370 g/mol. The fourth-order valence-corrected chi connectivity index (χ4v) is 3.35. The number of amides is 2. The quantitative estimate of drug-likeness (QED) is 0.816. The highest BCUT2D eigenvalue weighted by molar-refractivity contribution is 5.95. The molecular weight excluding hydrogens is 344 g/mol. The number of aromatic nitrogens is 3. The van der Waals surface area contributed by atoms with E-state index in [2.05, 4.69) is 20.9 Å². The molecule has 9 heteroatoms. The number of hydrogen-bond acceptors (Lipinski definition) is 5. The Morgan fingerprint density at radius 1 is 1.24 bits per heavy atom. The van der Waals surface area contributed by atoms with Crippen molar-refractivity contribution in [1.82, 2.24) is 30.5 Å². The minimum Gasteiger partial charge on any atom is -0.341 e. The van der Waals surface area contributed by atoms with E-state index in [1.54, 1.807) is 17.8 Å². The van der Waals surface area contributed by atoms with E-state index in [4.69, 9.17) is 0 Å². The van der Waals surface area contributed by atoms with E-state index in [9.17, 15) is 9.59 Å². The van der Waals surface area contributed by atoms with Crippen LogP contribution in [0.5, 0.6) is 0 Å². The zero-order valence-corrected chi connectivity index (χ0v) is 15.4. The fraction of sp³-hybridized carbons (Fsp3) is 0.750. The lowest BCUT2D eigenvalue weighted by molar-refractivity contribution is -0.133. The van der Waals surface area contributed by atoms with Crippen molar-refractivity contribution in [2.45, 2.75) is 51.1 Å². The molecule has 2 saturated heterocycles. The molecule has 1 aromatic heterocycles. The van der Waals surface area contributed by atoms with Crippen LogP contribution in [0.1, 0.15) is 55.6 Å². The van der Waals surface area contributed by atoms with E-state index < -0.39 is 6.04 Å². The van der Waals surface area contributed by atoms with E-state index in [1.807, 2.05) is 4.90 Å². The number of carbonyl (C=O) groups excluding carboxylic acids is 2. The van der Waals surface area contributed by atoms with Gasteiger partial charge in [0.25, 0.3) is 5.91 Å². The second-order valence-corrected chi connectivity index (χ2v) is 6.65. The minimum absolute atomic E-state index is 0. The molecule has 3 heterocycles. The van der Waals surface area contributed by atoms with E-state index >= 15 is 0 Å². The van der Waals surface area contributed by atoms with Crippen molar-refractivity contribution >= 4 is 24.2 Å². The lowest BCUT2D eigenvalue weighted by atomic mass is 10.1. The molecule has 0 bridgehead atoms. The van der Waals surface area contributed by atoms with E-state index in [-0.39, 0.29) is 36.0 Å². The summed E-state index contributed by atoms with van der Waals surface area (Å²) in [5.41, 5.74) is 0.270. The Morgan fingerprint density at radius 3 is 2.60 bits per heavy atom. The lowest BCUT2D eigenvalue weighted by Crippen LogP contribution is -2.48. The largest absolute Gasteiger partial charge is 0.341 e. The van der Waals surface area contributed by atoms with Gasteiger partial charge in [0.2, 0.25) is 5.91 Å². The molecule has 0 aromatic carbocycles. The van der Waals surface area contributed by atoms with Crippen LogP contribution in [-0.2, 0) is 4.79 Å². The van der Waals surface area contributed by atoms with Gasteiger partial charge >= 0.3 is 0 Å². The molecule has 140 valence electrons. The molecule has 2 aliphatic heterocycles. The van der Waals surface area contributed by atoms with Gasteiger partial charge in [-0.15, -0.1) is 17.5 Å². The number of halogens is 1. The Balaban J connectivity index is 0.00000225. The van der Waals surface area contributed by atoms with Crippen molar-refractivity contribution in [3.8, 4) is 0 Å². The smallest absolute Gasteiger partial charge is 0.274 e. The van der Waals surface area contributed by atoms with Crippen LogP contribution < -0.4 is 10.6 Å². The summed E-state index contributed by atoms with van der Waals surface area (Å²) in [6.45, 7) is 5.20. The Labute approximate surface area is 154 Å². The average molecular weight is 371 g/mol. The minimum atomic E-state index is -0.542. The molecule has 0 radical (unpaired) electrons. The van der Waals surface area contributed by atoms with Gasteiger partial charge in [-0.3, -0.25) is 9.59 Å². The number of likely N-dealkylation sites (tertiary alicyclic amines) is 1. The molecular formula is C16H27ClN6O2. The Kier molecular flexibility index (Phi) is 7.19. The summed E-state index contributed by atoms with van der Waals surface area (Å²) in [5, 5.41) is 14.1. The van der Waals surface area contributed by atoms with E-state index in [1.165, 1.54) is 6.42 Å². The van der Waals surface area contributed by atoms with Gasteiger partial charge in [-0.05, 0) is 52.1 Å². The van der Waals surface area contributed by atoms with Crippen LogP contribution >= 0.6 is 12.4 Å². The molecule has 25 heavy (non-hydrogen) atoms. The fourth-order valence-electron chi connectivity index (χ4n) is 3.35. The summed E-state index contributed by atoms with van der Waals surface area (Å²) < 4.78 is 1.77. The van der Waals surface area contributed by atoms with Crippen molar-refractivity contribution in [2.75, 3.05) is 26.2 Å². The third kappa shape index (κ3) is 4.92. The molecule has 0 saturated carbocycles. The van der Waals surface area contributed by atoms with Crippen LogP contribution in [0, 0.1) is 0 Å². The molecule has 1 atom stereocenters. The zero-order valence-electron chi connectivity index (χ0n) is 14.6. The molecule has 3 rings (SSSR count). The van der Waals surface area contributed by atoms with Gasteiger partial charge in [-0.25, -0.2) is 4.68 Å². The molecule has 0 spiro atoms. The summed E-state index contributed by atoms with van der Waals surface area (Å²) in [4.78, 5) is 26.5. The van der Waals surface area contributed by atoms with Crippen LogP contribution in [0.25, 0.3) is 0 Å². The number of piperidine rings is 2. The van der Waals surface area contributed by atoms with Crippen molar-refractivity contribution in [3.63, 3.8) is 0 Å². The molecule has 2 amide bonds. The van der Waals surface area contributed by atoms with Gasteiger partial charge in [0.1, 0.15) is 6.04 Å². The van der Waals surface area contributed by atoms with Crippen LogP contribution in [0.4, 0.5) is 0 Å². The summed E-state index contributed by atoms with van der Waals surface area (Å²) in [7, 11) is 0. The predicted molar refractivity (Wildman–Crippen MR) is 95.8 cm³/mol. The molecule has 8 nitrogen and oxygen atoms in total. The van der Waals surface area contributed by atoms with Crippen LogP contribution in [0.15, 0.2) is 6.20 Å². The highest BCUT2D eigenvalue weighted by Gasteiger charge is 2.25. The summed E-state index contributed by atoms with van der Waals surface area (Å²) in [6, 6.07) is -0.257. The number of carbonyl (C=O) groups is 2. The SMILES string of the molecule is CC(NC(=O)c1cn(C2CCNCC2)nn1)C(=O)N1CCCCC1.Cl. The molecule has 1 unspecified atom stereocenters. The van der Waals surface area contributed by atoms with E-state index in [0.29, 0.717) is 0 Å². The topological polar surface area (TPSA) is 92.1 Å².